The number of ether oxygens (including phenoxy) is 1. The second-order valence-corrected chi connectivity index (χ2v) is 9.85. The predicted molar refractivity (Wildman–Crippen MR) is 112 cm³/mol. The number of alkyl carbamates (subject to hydrolysis) is 1. The quantitative estimate of drug-likeness (QED) is 0.356. The maximum absolute atomic E-state index is 14.3. The molecule has 32 heavy (non-hydrogen) atoms. The van der Waals surface area contributed by atoms with E-state index in [2.05, 4.69) is 15.3 Å². The minimum absolute atomic E-state index is 0.135. The van der Waals surface area contributed by atoms with E-state index in [0.29, 0.717) is 16.8 Å². The lowest BCUT2D eigenvalue weighted by molar-refractivity contribution is -0.00651. The van der Waals surface area contributed by atoms with Crippen LogP contribution in [-0.4, -0.2) is 33.8 Å². The number of halogens is 4. The van der Waals surface area contributed by atoms with Crippen LogP contribution in [-0.2, 0) is 22.6 Å². The molecule has 1 saturated carbocycles. The Bertz CT molecular complexity index is 1070. The van der Waals surface area contributed by atoms with Gasteiger partial charge in [0.2, 0.25) is 0 Å². The molecule has 172 valence electrons. The molecule has 1 heterocycles. The third-order valence-corrected chi connectivity index (χ3v) is 6.10. The summed E-state index contributed by atoms with van der Waals surface area (Å²) in [5.41, 5.74) is -1.48. The van der Waals surface area contributed by atoms with Gasteiger partial charge in [0.1, 0.15) is 16.8 Å². The highest BCUT2D eigenvalue weighted by molar-refractivity contribution is 7.98. The number of carbonyl (C=O) groups excluding carboxylic acids is 1. The van der Waals surface area contributed by atoms with Crippen molar-refractivity contribution in [2.75, 3.05) is 6.26 Å². The monoisotopic (exact) mass is 469 g/mol. The Labute approximate surface area is 187 Å². The first-order chi connectivity index (χ1) is 14.8. The van der Waals surface area contributed by atoms with Crippen molar-refractivity contribution in [3.63, 3.8) is 0 Å². The Morgan fingerprint density at radius 3 is 2.28 bits per heavy atom. The number of nitrogens with zero attached hydrogens (tertiary/aromatic N) is 2. The largest absolute Gasteiger partial charge is 0.444 e. The van der Waals surface area contributed by atoms with Gasteiger partial charge in [-0.15, -0.1) is 0 Å². The van der Waals surface area contributed by atoms with Gasteiger partial charge < -0.3 is 10.1 Å². The second-order valence-electron chi connectivity index (χ2n) is 9.08. The van der Waals surface area contributed by atoms with E-state index >= 15 is 0 Å². The van der Waals surface area contributed by atoms with Gasteiger partial charge in [0.15, 0.2) is 5.16 Å². The molecule has 1 fully saturated rings. The molecule has 0 radical (unpaired) electrons. The molecule has 1 aromatic heterocycles. The van der Waals surface area contributed by atoms with Crippen molar-refractivity contribution in [1.82, 2.24) is 15.3 Å². The zero-order valence-corrected chi connectivity index (χ0v) is 18.9. The van der Waals surface area contributed by atoms with Crippen LogP contribution >= 0.6 is 11.8 Å². The molecule has 4 rings (SSSR count). The third kappa shape index (κ3) is 3.93. The number of carbonyl (C=O) groups is 1. The fourth-order valence-corrected chi connectivity index (χ4v) is 4.30. The molecule has 1 N–H and O–H groups in total. The molecule has 1 amide bonds. The SMILES string of the molecule is CSc1nc(-c2ccc(C3(NC(=O)OC(C)(C)C)CC3(F)F)cc2)c2c(n1)C(F)(F)CC2. The molecule has 0 saturated heterocycles. The lowest BCUT2D eigenvalue weighted by Crippen LogP contribution is -2.42. The van der Waals surface area contributed by atoms with Gasteiger partial charge in [0.25, 0.3) is 11.8 Å². The van der Waals surface area contributed by atoms with Crippen molar-refractivity contribution in [2.24, 2.45) is 0 Å². The Kier molecular flexibility index (Phi) is 5.23. The molecule has 0 spiro atoms. The van der Waals surface area contributed by atoms with Crippen LogP contribution in [0.2, 0.25) is 0 Å². The number of benzene rings is 1. The predicted octanol–water partition coefficient (Wildman–Crippen LogP) is 5.66. The molecule has 1 atom stereocenters. The zero-order chi connectivity index (χ0) is 23.5. The Balaban J connectivity index is 1.67. The summed E-state index contributed by atoms with van der Waals surface area (Å²) in [4.78, 5) is 20.6. The van der Waals surface area contributed by atoms with Gasteiger partial charge in [-0.2, -0.15) is 8.78 Å². The number of nitrogens with one attached hydrogen (secondary N) is 1. The Morgan fingerprint density at radius 2 is 1.75 bits per heavy atom. The molecule has 1 unspecified atom stereocenters. The van der Waals surface area contributed by atoms with Gasteiger partial charge in [0.05, 0.1) is 5.69 Å². The van der Waals surface area contributed by atoms with E-state index < -0.39 is 35.5 Å². The first-order valence-electron chi connectivity index (χ1n) is 10.1. The van der Waals surface area contributed by atoms with Crippen LogP contribution in [0.1, 0.15) is 50.4 Å². The molecule has 10 heteroatoms. The summed E-state index contributed by atoms with van der Waals surface area (Å²) in [6.07, 6.45) is 0.0118. The van der Waals surface area contributed by atoms with Crippen LogP contribution in [0.3, 0.4) is 0 Å². The van der Waals surface area contributed by atoms with Crippen molar-refractivity contribution >= 4 is 17.9 Å². The summed E-state index contributed by atoms with van der Waals surface area (Å²) in [5.74, 6) is -6.15. The van der Waals surface area contributed by atoms with Crippen molar-refractivity contribution < 1.29 is 27.1 Å². The van der Waals surface area contributed by atoms with E-state index in [0.717, 1.165) is 11.8 Å². The first-order valence-corrected chi connectivity index (χ1v) is 11.3. The van der Waals surface area contributed by atoms with Crippen LogP contribution in [0.4, 0.5) is 22.4 Å². The lowest BCUT2D eigenvalue weighted by Gasteiger charge is -2.24. The van der Waals surface area contributed by atoms with Gasteiger partial charge in [-0.25, -0.2) is 23.5 Å². The highest BCUT2D eigenvalue weighted by Gasteiger charge is 2.73. The normalized spacial score (nSPS) is 22.9. The van der Waals surface area contributed by atoms with Crippen molar-refractivity contribution in [2.45, 2.75) is 68.2 Å². The number of hydrogen-bond donors (Lipinski definition) is 1. The van der Waals surface area contributed by atoms with E-state index in [1.807, 2.05) is 0 Å². The molecule has 0 aliphatic heterocycles. The summed E-state index contributed by atoms with van der Waals surface area (Å²) in [7, 11) is 0. The molecule has 0 bridgehead atoms. The van der Waals surface area contributed by atoms with Crippen molar-refractivity contribution in [1.29, 1.82) is 0 Å². The van der Waals surface area contributed by atoms with E-state index in [9.17, 15) is 22.4 Å². The molecule has 1 aromatic carbocycles. The van der Waals surface area contributed by atoms with Crippen molar-refractivity contribution in [3.05, 3.63) is 41.1 Å². The molecule has 5 nitrogen and oxygen atoms in total. The molecule has 2 aliphatic rings. The van der Waals surface area contributed by atoms with E-state index in [4.69, 9.17) is 4.74 Å². The van der Waals surface area contributed by atoms with Gasteiger partial charge in [-0.1, -0.05) is 36.0 Å². The number of amides is 1. The van der Waals surface area contributed by atoms with Gasteiger partial charge in [0, 0.05) is 24.0 Å². The number of hydrogen-bond acceptors (Lipinski definition) is 5. The number of fused-ring (bicyclic) bond motifs is 1. The van der Waals surface area contributed by atoms with Crippen LogP contribution in [0.25, 0.3) is 11.3 Å². The molecule has 2 aromatic rings. The van der Waals surface area contributed by atoms with Crippen molar-refractivity contribution in [3.8, 4) is 11.3 Å². The second kappa shape index (κ2) is 7.33. The Morgan fingerprint density at radius 1 is 1.12 bits per heavy atom. The maximum atomic E-state index is 14.3. The van der Waals surface area contributed by atoms with Gasteiger partial charge >= 0.3 is 6.09 Å². The van der Waals surface area contributed by atoms with Gasteiger partial charge in [-0.05, 0) is 39.0 Å². The minimum atomic E-state index is -3.13. The van der Waals surface area contributed by atoms with E-state index in [1.54, 1.807) is 39.2 Å². The standard InChI is InChI=1S/C22H23F4N3O2S/c1-19(2,3)31-18(30)29-20(11-22(20,25)26)13-7-5-12(6-8-13)15-14-9-10-21(23,24)16(14)28-17(27-15)32-4/h5-8H,9-11H2,1-4H3,(H,29,30). The lowest BCUT2D eigenvalue weighted by atomic mass is 9.99. The average molecular weight is 470 g/mol. The minimum Gasteiger partial charge on any atom is -0.444 e. The van der Waals surface area contributed by atoms with E-state index in [1.165, 1.54) is 12.1 Å². The highest BCUT2D eigenvalue weighted by atomic mass is 32.2. The number of alkyl halides is 4. The van der Waals surface area contributed by atoms with Crippen LogP contribution in [0.5, 0.6) is 0 Å². The number of aromatic nitrogens is 2. The maximum Gasteiger partial charge on any atom is 0.408 e. The summed E-state index contributed by atoms with van der Waals surface area (Å²) < 4.78 is 62.4. The van der Waals surface area contributed by atoms with Crippen LogP contribution in [0.15, 0.2) is 29.4 Å². The summed E-state index contributed by atoms with van der Waals surface area (Å²) in [6.45, 7) is 4.93. The molecular formula is C22H23F4N3O2S. The topological polar surface area (TPSA) is 64.1 Å². The fourth-order valence-electron chi connectivity index (χ4n) is 3.93. The van der Waals surface area contributed by atoms with Crippen LogP contribution < -0.4 is 5.32 Å². The third-order valence-electron chi connectivity index (χ3n) is 5.56. The average Bonchev–Trinajstić information content (AvgIpc) is 3.10. The number of rotatable bonds is 4. The zero-order valence-electron chi connectivity index (χ0n) is 18.1. The first kappa shape index (κ1) is 22.8. The molecular weight excluding hydrogens is 446 g/mol. The molecule has 2 aliphatic carbocycles. The van der Waals surface area contributed by atoms with Gasteiger partial charge in [-0.3, -0.25) is 0 Å². The number of thioether (sulfide) groups is 1. The summed E-state index contributed by atoms with van der Waals surface area (Å²) in [6, 6.07) is 6.05. The Hall–Kier alpha value is -2.36. The smallest absolute Gasteiger partial charge is 0.408 e. The summed E-state index contributed by atoms with van der Waals surface area (Å²) >= 11 is 1.16. The fraction of sp³-hybridized carbons (Fsp3) is 0.500. The summed E-state index contributed by atoms with van der Waals surface area (Å²) in [5, 5.41) is 2.54. The highest BCUT2D eigenvalue weighted by Crippen LogP contribution is 2.59. The van der Waals surface area contributed by atoms with E-state index in [-0.39, 0.29) is 29.3 Å². The van der Waals surface area contributed by atoms with Crippen LogP contribution in [0, 0.1) is 0 Å².